The monoisotopic (exact) mass is 458 g/mol. The summed E-state index contributed by atoms with van der Waals surface area (Å²) in [5, 5.41) is 8.99. The molecular formula is C18H14Br2F2O2. The molecule has 126 valence electrons. The zero-order chi connectivity index (χ0) is 17.4. The van der Waals surface area contributed by atoms with Gasteiger partial charge in [0, 0.05) is 16.1 Å². The van der Waals surface area contributed by atoms with E-state index in [0.29, 0.717) is 15.6 Å². The number of benzene rings is 2. The molecule has 0 radical (unpaired) electrons. The van der Waals surface area contributed by atoms with Crippen LogP contribution in [0.25, 0.3) is 5.57 Å². The lowest BCUT2D eigenvalue weighted by Crippen LogP contribution is -1.96. The van der Waals surface area contributed by atoms with Crippen molar-refractivity contribution in [2.24, 2.45) is 0 Å². The third-order valence-corrected chi connectivity index (χ3v) is 5.09. The van der Waals surface area contributed by atoms with Crippen LogP contribution in [0.2, 0.25) is 0 Å². The molecule has 0 spiro atoms. The Bertz CT molecular complexity index is 826. The lowest BCUT2D eigenvalue weighted by atomic mass is 9.95. The molecule has 0 bridgehead atoms. The van der Waals surface area contributed by atoms with Crippen molar-refractivity contribution in [1.82, 2.24) is 0 Å². The number of rotatable bonds is 4. The van der Waals surface area contributed by atoms with Crippen LogP contribution in [-0.4, -0.2) is 12.2 Å². The SMILES string of the molecule is COc1cc(C(=C2CC2)c2ccc(C(F)Br)cc2Br)c(O)cc1F. The second kappa shape index (κ2) is 6.84. The Hall–Kier alpha value is -1.40. The number of ether oxygens (including phenoxy) is 1. The van der Waals surface area contributed by atoms with Gasteiger partial charge in [-0.1, -0.05) is 33.6 Å². The zero-order valence-electron chi connectivity index (χ0n) is 12.7. The molecule has 0 amide bonds. The van der Waals surface area contributed by atoms with Gasteiger partial charge in [0.15, 0.2) is 16.6 Å². The van der Waals surface area contributed by atoms with Gasteiger partial charge in [-0.15, -0.1) is 0 Å². The van der Waals surface area contributed by atoms with Crippen molar-refractivity contribution in [3.05, 3.63) is 62.9 Å². The molecule has 1 N–H and O–H groups in total. The highest BCUT2D eigenvalue weighted by Crippen LogP contribution is 2.46. The number of alkyl halides is 2. The Morgan fingerprint density at radius 1 is 1.21 bits per heavy atom. The van der Waals surface area contributed by atoms with Gasteiger partial charge < -0.3 is 9.84 Å². The van der Waals surface area contributed by atoms with Crippen LogP contribution < -0.4 is 4.74 Å². The number of halogens is 4. The molecule has 0 aromatic heterocycles. The number of hydrogen-bond donors (Lipinski definition) is 1. The summed E-state index contributed by atoms with van der Waals surface area (Å²) in [6.45, 7) is 0. The van der Waals surface area contributed by atoms with E-state index in [1.165, 1.54) is 13.2 Å². The first-order valence-corrected chi connectivity index (χ1v) is 9.00. The average Bonchev–Trinajstić information content (AvgIpc) is 3.35. The molecule has 1 unspecified atom stereocenters. The fourth-order valence-electron chi connectivity index (χ4n) is 2.61. The number of methoxy groups -OCH3 is 1. The molecule has 2 nitrogen and oxygen atoms in total. The molecule has 2 aromatic carbocycles. The Balaban J connectivity index is 2.16. The van der Waals surface area contributed by atoms with Crippen LogP contribution in [0, 0.1) is 5.82 Å². The second-order valence-corrected chi connectivity index (χ2v) is 7.18. The van der Waals surface area contributed by atoms with Gasteiger partial charge in [0.2, 0.25) is 0 Å². The van der Waals surface area contributed by atoms with E-state index >= 15 is 0 Å². The zero-order valence-corrected chi connectivity index (χ0v) is 15.9. The molecule has 24 heavy (non-hydrogen) atoms. The number of aromatic hydroxyl groups is 1. The van der Waals surface area contributed by atoms with Gasteiger partial charge in [-0.05, 0) is 57.6 Å². The van der Waals surface area contributed by atoms with Crippen LogP contribution in [0.4, 0.5) is 8.78 Å². The molecule has 1 atom stereocenters. The minimum Gasteiger partial charge on any atom is -0.507 e. The van der Waals surface area contributed by atoms with Crippen LogP contribution in [0.3, 0.4) is 0 Å². The van der Waals surface area contributed by atoms with Crippen LogP contribution >= 0.6 is 31.9 Å². The maximum Gasteiger partial charge on any atom is 0.180 e. The van der Waals surface area contributed by atoms with Gasteiger partial charge >= 0.3 is 0 Å². The van der Waals surface area contributed by atoms with Crippen molar-refractivity contribution in [2.75, 3.05) is 7.11 Å². The molecule has 3 rings (SSSR count). The minimum absolute atomic E-state index is 0.0681. The van der Waals surface area contributed by atoms with E-state index in [1.54, 1.807) is 18.2 Å². The molecule has 0 aliphatic heterocycles. The third-order valence-electron chi connectivity index (χ3n) is 3.91. The first kappa shape index (κ1) is 17.4. The van der Waals surface area contributed by atoms with E-state index < -0.39 is 10.9 Å². The Morgan fingerprint density at radius 3 is 2.46 bits per heavy atom. The van der Waals surface area contributed by atoms with Crippen molar-refractivity contribution in [1.29, 1.82) is 0 Å². The molecule has 6 heteroatoms. The van der Waals surface area contributed by atoms with Crippen LogP contribution in [0.5, 0.6) is 11.5 Å². The molecule has 1 aliphatic rings. The fraction of sp³-hybridized carbons (Fsp3) is 0.222. The summed E-state index contributed by atoms with van der Waals surface area (Å²) in [4.78, 5) is 0. The molecule has 1 aliphatic carbocycles. The summed E-state index contributed by atoms with van der Waals surface area (Å²) in [5.41, 5.74) is 3.80. The van der Waals surface area contributed by atoms with E-state index in [0.717, 1.165) is 35.6 Å². The van der Waals surface area contributed by atoms with Crippen LogP contribution in [0.1, 0.15) is 34.6 Å². The predicted octanol–water partition coefficient (Wildman–Crippen LogP) is 6.26. The summed E-state index contributed by atoms with van der Waals surface area (Å²) < 4.78 is 32.9. The van der Waals surface area contributed by atoms with Gasteiger partial charge in [0.1, 0.15) is 5.75 Å². The summed E-state index contributed by atoms with van der Waals surface area (Å²) in [7, 11) is 1.38. The highest BCUT2D eigenvalue weighted by atomic mass is 79.9. The van der Waals surface area contributed by atoms with Gasteiger partial charge in [-0.25, -0.2) is 8.78 Å². The first-order chi connectivity index (χ1) is 11.4. The molecular weight excluding hydrogens is 446 g/mol. The van der Waals surface area contributed by atoms with Gasteiger partial charge in [0.05, 0.1) is 7.11 Å². The average molecular weight is 460 g/mol. The van der Waals surface area contributed by atoms with E-state index in [2.05, 4.69) is 31.9 Å². The summed E-state index contributed by atoms with van der Waals surface area (Å²) >= 11 is 6.38. The Morgan fingerprint density at radius 2 is 1.92 bits per heavy atom. The Kier molecular flexibility index (Phi) is 4.97. The number of phenols is 1. The highest BCUT2D eigenvalue weighted by Gasteiger charge is 2.25. The first-order valence-electron chi connectivity index (χ1n) is 7.29. The maximum absolute atomic E-state index is 13.8. The summed E-state index contributed by atoms with van der Waals surface area (Å²) in [5.74, 6) is -0.700. The van der Waals surface area contributed by atoms with E-state index in [1.807, 2.05) is 0 Å². The third kappa shape index (κ3) is 3.35. The lowest BCUT2D eigenvalue weighted by Gasteiger charge is -2.15. The molecule has 1 saturated carbocycles. The van der Waals surface area contributed by atoms with Crippen molar-refractivity contribution >= 4 is 37.4 Å². The van der Waals surface area contributed by atoms with E-state index in [4.69, 9.17) is 4.74 Å². The summed E-state index contributed by atoms with van der Waals surface area (Å²) in [6, 6.07) is 7.71. The van der Waals surface area contributed by atoms with Gasteiger partial charge in [0.25, 0.3) is 0 Å². The number of hydrogen-bond acceptors (Lipinski definition) is 2. The molecule has 0 heterocycles. The smallest absolute Gasteiger partial charge is 0.180 e. The van der Waals surface area contributed by atoms with E-state index in [-0.39, 0.29) is 11.5 Å². The normalized spacial score (nSPS) is 14.5. The number of phenolic OH excluding ortho intramolecular Hbond substituents is 1. The quantitative estimate of drug-likeness (QED) is 0.546. The molecule has 0 saturated heterocycles. The fourth-order valence-corrected chi connectivity index (χ4v) is 3.49. The van der Waals surface area contributed by atoms with E-state index in [9.17, 15) is 13.9 Å². The Labute approximate surface area is 155 Å². The summed E-state index contributed by atoms with van der Waals surface area (Å²) in [6.07, 6.45) is 1.82. The van der Waals surface area contributed by atoms with Crippen molar-refractivity contribution in [3.8, 4) is 11.5 Å². The lowest BCUT2D eigenvalue weighted by molar-refractivity contribution is 0.382. The number of allylic oxidation sites excluding steroid dienone is 1. The van der Waals surface area contributed by atoms with Gasteiger partial charge in [-0.2, -0.15) is 0 Å². The largest absolute Gasteiger partial charge is 0.507 e. The van der Waals surface area contributed by atoms with Crippen LogP contribution in [0.15, 0.2) is 40.4 Å². The maximum atomic E-state index is 13.8. The molecule has 1 fully saturated rings. The highest BCUT2D eigenvalue weighted by molar-refractivity contribution is 9.10. The second-order valence-electron chi connectivity index (χ2n) is 5.52. The van der Waals surface area contributed by atoms with Crippen molar-refractivity contribution in [3.63, 3.8) is 0 Å². The van der Waals surface area contributed by atoms with Crippen LogP contribution in [-0.2, 0) is 0 Å². The molecule has 2 aromatic rings. The predicted molar refractivity (Wildman–Crippen MR) is 96.8 cm³/mol. The standard InChI is InChI=1S/C18H14Br2F2O2/c1-24-16-7-12(15(23)8-14(16)21)17(9-2-3-9)11-5-4-10(18(20)22)6-13(11)19/h4-8,18,23H,2-3H2,1H3. The topological polar surface area (TPSA) is 29.5 Å². The minimum atomic E-state index is -1.25. The van der Waals surface area contributed by atoms with Gasteiger partial charge in [-0.3, -0.25) is 0 Å². The van der Waals surface area contributed by atoms with Crippen molar-refractivity contribution in [2.45, 2.75) is 17.9 Å². The van der Waals surface area contributed by atoms with Crippen molar-refractivity contribution < 1.29 is 18.6 Å².